The lowest BCUT2D eigenvalue weighted by molar-refractivity contribution is -0.137. The van der Waals surface area contributed by atoms with Crippen molar-refractivity contribution in [1.82, 2.24) is 15.3 Å². The molecule has 2 aromatic rings. The molecule has 2 aliphatic heterocycles. The molecule has 0 saturated carbocycles. The van der Waals surface area contributed by atoms with Gasteiger partial charge in [0.15, 0.2) is 5.11 Å². The number of anilines is 3. The summed E-state index contributed by atoms with van der Waals surface area (Å²) in [5.41, 5.74) is 9.13. The van der Waals surface area contributed by atoms with Crippen LogP contribution in [0.3, 0.4) is 0 Å². The summed E-state index contributed by atoms with van der Waals surface area (Å²) in [6.45, 7) is 3.62. The Bertz CT molecular complexity index is 1130. The number of piperazine rings is 1. The predicted molar refractivity (Wildman–Crippen MR) is 142 cm³/mol. The fourth-order valence-corrected chi connectivity index (χ4v) is 4.70. The Morgan fingerprint density at radius 1 is 1.11 bits per heavy atom. The number of nitrogens with one attached hydrogen (secondary N) is 1. The minimum absolute atomic E-state index is 0.0177. The number of benzene rings is 1. The molecule has 0 spiro atoms. The number of alkyl halides is 3. The van der Waals surface area contributed by atoms with E-state index in [1.807, 2.05) is 30.0 Å². The van der Waals surface area contributed by atoms with Crippen LogP contribution in [0.25, 0.3) is 0 Å². The lowest BCUT2D eigenvalue weighted by atomic mass is 10.1. The molecule has 4 rings (SSSR count). The van der Waals surface area contributed by atoms with Crippen LogP contribution >= 0.6 is 12.2 Å². The summed E-state index contributed by atoms with van der Waals surface area (Å²) in [7, 11) is 4.09. The third-order valence-corrected chi connectivity index (χ3v) is 6.82. The number of hydrazone groups is 1. The van der Waals surface area contributed by atoms with E-state index in [4.69, 9.17) is 18.0 Å². The van der Waals surface area contributed by atoms with Gasteiger partial charge in [0.25, 0.3) is 0 Å². The van der Waals surface area contributed by atoms with Gasteiger partial charge >= 0.3 is 6.18 Å². The molecule has 200 valence electrons. The molecule has 13 heteroatoms. The lowest BCUT2D eigenvalue weighted by Gasteiger charge is -2.37. The Hall–Kier alpha value is -3.19. The van der Waals surface area contributed by atoms with Crippen LogP contribution < -0.4 is 25.9 Å². The van der Waals surface area contributed by atoms with E-state index in [1.165, 1.54) is 18.3 Å². The van der Waals surface area contributed by atoms with Gasteiger partial charge in [-0.05, 0) is 57.0 Å². The zero-order chi connectivity index (χ0) is 26.7. The highest BCUT2D eigenvalue weighted by atomic mass is 32.1. The third kappa shape index (κ3) is 6.39. The maximum atomic E-state index is 15.3. The number of hydrogen-bond acceptors (Lipinski definition) is 7. The Morgan fingerprint density at radius 2 is 1.81 bits per heavy atom. The lowest BCUT2D eigenvalue weighted by Crippen LogP contribution is -2.47. The van der Waals surface area contributed by atoms with Crippen molar-refractivity contribution in [1.29, 1.82) is 0 Å². The number of pyridine rings is 1. The molecule has 8 nitrogen and oxygen atoms in total. The molecular weight excluding hydrogens is 508 g/mol. The van der Waals surface area contributed by atoms with E-state index in [2.05, 4.69) is 25.3 Å². The quantitative estimate of drug-likeness (QED) is 0.252. The summed E-state index contributed by atoms with van der Waals surface area (Å²) >= 11 is 4.79. The minimum atomic E-state index is -4.43. The van der Waals surface area contributed by atoms with Gasteiger partial charge in [-0.1, -0.05) is 0 Å². The second-order valence-electron chi connectivity index (χ2n) is 9.33. The molecule has 1 atom stereocenters. The van der Waals surface area contributed by atoms with Crippen LogP contribution in [0.4, 0.5) is 34.8 Å². The number of rotatable bonds is 6. The van der Waals surface area contributed by atoms with Gasteiger partial charge in [0.1, 0.15) is 11.6 Å². The first-order chi connectivity index (χ1) is 17.5. The molecule has 0 amide bonds. The summed E-state index contributed by atoms with van der Waals surface area (Å²) in [5, 5.41) is 4.05. The van der Waals surface area contributed by atoms with E-state index >= 15 is 4.39 Å². The zero-order valence-electron chi connectivity index (χ0n) is 20.7. The molecule has 2 aliphatic rings. The fourth-order valence-electron chi connectivity index (χ4n) is 4.65. The van der Waals surface area contributed by atoms with Gasteiger partial charge in [-0.25, -0.2) is 9.37 Å². The van der Waals surface area contributed by atoms with Crippen LogP contribution in [0.1, 0.15) is 17.5 Å². The molecule has 2 saturated heterocycles. The Labute approximate surface area is 218 Å². The normalized spacial score (nSPS) is 18.8. The average molecular weight is 539 g/mol. The monoisotopic (exact) mass is 538 g/mol. The van der Waals surface area contributed by atoms with Gasteiger partial charge < -0.3 is 25.3 Å². The van der Waals surface area contributed by atoms with Crippen LogP contribution in [-0.2, 0) is 6.18 Å². The molecule has 1 aromatic heterocycles. The summed E-state index contributed by atoms with van der Waals surface area (Å²) in [6.07, 6.45) is -1.08. The molecule has 2 fully saturated rings. The number of nitrogens with zero attached hydrogens (tertiary/aromatic N) is 6. The standard InChI is InChI=1S/C24H30F4N8S/c1-33(2)18-5-6-36(15-18)20-12-21(19(25)11-16(20)13-31-32-23(29)37)34-7-9-35(10-8-34)22-4-3-17(14-30-22)24(26,27)28/h3-4,11-14,18H,5-10,15H2,1-2H3,(H3,29,32,37)/b31-13+. The molecule has 37 heavy (non-hydrogen) atoms. The summed E-state index contributed by atoms with van der Waals surface area (Å²) < 4.78 is 53.9. The molecule has 1 aromatic carbocycles. The Balaban J connectivity index is 1.53. The SMILES string of the molecule is CN(C)C1CCN(c2cc(N3CCN(c4ccc(C(F)(F)F)cn4)CC3)c(F)cc2/C=N/NC(N)=S)C1. The third-order valence-electron chi connectivity index (χ3n) is 6.73. The highest BCUT2D eigenvalue weighted by Crippen LogP contribution is 2.33. The fraction of sp³-hybridized carbons (Fsp3) is 0.458. The van der Waals surface area contributed by atoms with Crippen molar-refractivity contribution in [3.63, 3.8) is 0 Å². The van der Waals surface area contributed by atoms with Gasteiger partial charge in [0.05, 0.1) is 17.5 Å². The molecular formula is C24H30F4N8S. The van der Waals surface area contributed by atoms with Gasteiger partial charge in [0, 0.05) is 62.8 Å². The van der Waals surface area contributed by atoms with Crippen LogP contribution in [0, 0.1) is 5.82 Å². The number of thiocarbonyl (C=S) groups is 1. The van der Waals surface area contributed by atoms with E-state index in [9.17, 15) is 13.2 Å². The van der Waals surface area contributed by atoms with Crippen molar-refractivity contribution in [2.75, 3.05) is 68.1 Å². The zero-order valence-corrected chi connectivity index (χ0v) is 21.5. The van der Waals surface area contributed by atoms with E-state index in [1.54, 1.807) is 0 Å². The maximum Gasteiger partial charge on any atom is 0.417 e. The largest absolute Gasteiger partial charge is 0.417 e. The van der Waals surface area contributed by atoms with Crippen molar-refractivity contribution >= 4 is 40.7 Å². The van der Waals surface area contributed by atoms with Gasteiger partial charge in [-0.15, -0.1) is 0 Å². The second kappa shape index (κ2) is 11.1. The number of hydrogen-bond donors (Lipinski definition) is 2. The van der Waals surface area contributed by atoms with Crippen molar-refractivity contribution in [2.24, 2.45) is 10.8 Å². The van der Waals surface area contributed by atoms with Crippen LogP contribution in [0.2, 0.25) is 0 Å². The molecule has 3 N–H and O–H groups in total. The molecule has 1 unspecified atom stereocenters. The number of likely N-dealkylation sites (N-methyl/N-ethyl adjacent to an activating group) is 1. The topological polar surface area (TPSA) is 76.3 Å². The minimum Gasteiger partial charge on any atom is -0.375 e. The van der Waals surface area contributed by atoms with E-state index < -0.39 is 11.7 Å². The average Bonchev–Trinajstić information content (AvgIpc) is 3.34. The first-order valence-electron chi connectivity index (χ1n) is 11.9. The maximum absolute atomic E-state index is 15.3. The first-order valence-corrected chi connectivity index (χ1v) is 12.3. The van der Waals surface area contributed by atoms with Crippen LogP contribution in [0.15, 0.2) is 35.6 Å². The second-order valence-corrected chi connectivity index (χ2v) is 9.77. The molecule has 0 radical (unpaired) electrons. The Kier molecular flexibility index (Phi) is 8.02. The molecule has 3 heterocycles. The van der Waals surface area contributed by atoms with Gasteiger partial charge in [0.2, 0.25) is 0 Å². The van der Waals surface area contributed by atoms with E-state index in [-0.39, 0.29) is 10.9 Å². The van der Waals surface area contributed by atoms with Crippen molar-refractivity contribution in [3.05, 3.63) is 47.4 Å². The number of nitrogens with two attached hydrogens (primary N) is 1. The summed E-state index contributed by atoms with van der Waals surface area (Å²) in [5.74, 6) is 0.0856. The first kappa shape index (κ1) is 26.9. The summed E-state index contributed by atoms with van der Waals surface area (Å²) in [6, 6.07) is 6.10. The Morgan fingerprint density at radius 3 is 2.38 bits per heavy atom. The van der Waals surface area contributed by atoms with Crippen molar-refractivity contribution in [2.45, 2.75) is 18.6 Å². The van der Waals surface area contributed by atoms with Gasteiger partial charge in [-0.2, -0.15) is 18.3 Å². The van der Waals surface area contributed by atoms with Crippen molar-refractivity contribution < 1.29 is 17.6 Å². The predicted octanol–water partition coefficient (Wildman–Crippen LogP) is 2.87. The highest BCUT2D eigenvalue weighted by Gasteiger charge is 2.31. The molecule has 0 aliphatic carbocycles. The number of halogens is 4. The number of aromatic nitrogens is 1. The smallest absolute Gasteiger partial charge is 0.375 e. The van der Waals surface area contributed by atoms with E-state index in [0.29, 0.717) is 49.3 Å². The van der Waals surface area contributed by atoms with E-state index in [0.717, 1.165) is 37.5 Å². The molecule has 0 bridgehead atoms. The summed E-state index contributed by atoms with van der Waals surface area (Å²) in [4.78, 5) is 12.2. The van der Waals surface area contributed by atoms with Crippen LogP contribution in [-0.4, -0.2) is 80.6 Å². The van der Waals surface area contributed by atoms with Crippen LogP contribution in [0.5, 0.6) is 0 Å². The van der Waals surface area contributed by atoms with Gasteiger partial charge in [-0.3, -0.25) is 5.43 Å². The van der Waals surface area contributed by atoms with Crippen molar-refractivity contribution in [3.8, 4) is 0 Å². The highest BCUT2D eigenvalue weighted by molar-refractivity contribution is 7.80.